The third kappa shape index (κ3) is 5.55. The second-order valence-electron chi connectivity index (χ2n) is 9.10. The van der Waals surface area contributed by atoms with Crippen LogP contribution in [0.25, 0.3) is 0 Å². The van der Waals surface area contributed by atoms with Gasteiger partial charge in [0.2, 0.25) is 5.91 Å². The number of thiophene rings is 1. The third-order valence-electron chi connectivity index (χ3n) is 6.11. The quantitative estimate of drug-likeness (QED) is 0.475. The number of carbonyl (C=O) groups is 3. The number of aromatic nitrogens is 1. The summed E-state index contributed by atoms with van der Waals surface area (Å²) in [5, 5.41) is 5.59. The van der Waals surface area contributed by atoms with Crippen LogP contribution in [-0.4, -0.2) is 39.7 Å². The maximum absolute atomic E-state index is 13.4. The van der Waals surface area contributed by atoms with Crippen molar-refractivity contribution >= 4 is 46.3 Å². The van der Waals surface area contributed by atoms with Gasteiger partial charge in [-0.05, 0) is 87.2 Å². The molecule has 1 atom stereocenters. The van der Waals surface area contributed by atoms with Gasteiger partial charge in [0.15, 0.2) is 0 Å². The van der Waals surface area contributed by atoms with E-state index in [1.165, 1.54) is 0 Å². The van der Waals surface area contributed by atoms with Crippen molar-refractivity contribution < 1.29 is 14.4 Å². The van der Waals surface area contributed by atoms with Crippen molar-refractivity contribution in [3.63, 3.8) is 0 Å². The summed E-state index contributed by atoms with van der Waals surface area (Å²) in [7, 11) is 0. The number of anilines is 1. The van der Waals surface area contributed by atoms with Crippen molar-refractivity contribution in [1.29, 1.82) is 0 Å². The molecule has 1 aliphatic rings. The van der Waals surface area contributed by atoms with Crippen LogP contribution in [0.5, 0.6) is 0 Å². The molecule has 3 aromatic rings. The Morgan fingerprint density at radius 2 is 1.86 bits per heavy atom. The topological polar surface area (TPSA) is 91.4 Å². The number of rotatable bonds is 6. The zero-order valence-electron chi connectivity index (χ0n) is 19.8. The highest BCUT2D eigenvalue weighted by Crippen LogP contribution is 2.33. The molecule has 4 rings (SSSR count). The number of nitrogens with zero attached hydrogens (tertiary/aromatic N) is 2. The van der Waals surface area contributed by atoms with Crippen LogP contribution >= 0.6 is 22.9 Å². The van der Waals surface area contributed by atoms with E-state index in [4.69, 9.17) is 11.6 Å². The predicted octanol–water partition coefficient (Wildman–Crippen LogP) is 5.23. The van der Waals surface area contributed by atoms with Gasteiger partial charge in [0.25, 0.3) is 11.8 Å². The molecule has 0 radical (unpaired) electrons. The van der Waals surface area contributed by atoms with Crippen LogP contribution in [0, 0.1) is 6.92 Å². The standard InChI is InChI=1S/C26H27ClN4O3S/c1-16-15-18(29-25(34)26(2,3)30-23(32)21-8-9-22(27)35-21)6-7-19(16)24(33)31-14-4-5-20(31)17-10-12-28-13-11-17/h6-13,15,20H,4-5,14H2,1-3H3,(H,29,34)(H,30,32). The predicted molar refractivity (Wildman–Crippen MR) is 138 cm³/mol. The van der Waals surface area contributed by atoms with E-state index in [9.17, 15) is 14.4 Å². The third-order valence-corrected chi connectivity index (χ3v) is 7.34. The lowest BCUT2D eigenvalue weighted by molar-refractivity contribution is -0.120. The summed E-state index contributed by atoms with van der Waals surface area (Å²) in [5.41, 5.74) is 1.84. The molecule has 3 amide bonds. The van der Waals surface area contributed by atoms with Crippen LogP contribution in [0.2, 0.25) is 4.34 Å². The number of pyridine rings is 1. The number of carbonyl (C=O) groups excluding carboxylic acids is 3. The van der Waals surface area contributed by atoms with Gasteiger partial charge in [-0.15, -0.1) is 11.3 Å². The summed E-state index contributed by atoms with van der Waals surface area (Å²) in [4.78, 5) is 45.2. The molecule has 182 valence electrons. The number of aryl methyl sites for hydroxylation is 1. The van der Waals surface area contributed by atoms with E-state index >= 15 is 0 Å². The van der Waals surface area contributed by atoms with E-state index < -0.39 is 5.54 Å². The molecule has 0 bridgehead atoms. The lowest BCUT2D eigenvalue weighted by Gasteiger charge is -2.26. The van der Waals surface area contributed by atoms with Crippen molar-refractivity contribution in [3.8, 4) is 0 Å². The Labute approximate surface area is 213 Å². The average Bonchev–Trinajstić information content (AvgIpc) is 3.48. The minimum atomic E-state index is -1.16. The fraction of sp³-hybridized carbons (Fsp3) is 0.308. The SMILES string of the molecule is Cc1cc(NC(=O)C(C)(C)NC(=O)c2ccc(Cl)s2)ccc1C(=O)N1CCCC1c1ccncc1. The Morgan fingerprint density at radius 3 is 2.51 bits per heavy atom. The van der Waals surface area contributed by atoms with Crippen molar-refractivity contribution in [2.45, 2.75) is 45.2 Å². The zero-order chi connectivity index (χ0) is 25.2. The van der Waals surface area contributed by atoms with E-state index in [0.717, 1.165) is 35.3 Å². The molecule has 1 unspecified atom stereocenters. The van der Waals surface area contributed by atoms with Crippen molar-refractivity contribution in [1.82, 2.24) is 15.2 Å². The van der Waals surface area contributed by atoms with Gasteiger partial charge in [0.05, 0.1) is 15.3 Å². The van der Waals surface area contributed by atoms with Crippen LogP contribution in [-0.2, 0) is 4.79 Å². The number of benzene rings is 1. The Kier molecular flexibility index (Phi) is 7.23. The molecular weight excluding hydrogens is 484 g/mol. The number of likely N-dealkylation sites (tertiary alicyclic amines) is 1. The molecule has 1 fully saturated rings. The summed E-state index contributed by atoms with van der Waals surface area (Å²) in [6.07, 6.45) is 5.36. The highest BCUT2D eigenvalue weighted by molar-refractivity contribution is 7.18. The number of amides is 3. The Balaban J connectivity index is 1.44. The Morgan fingerprint density at radius 1 is 1.11 bits per heavy atom. The van der Waals surface area contributed by atoms with Crippen LogP contribution in [0.3, 0.4) is 0 Å². The van der Waals surface area contributed by atoms with E-state index in [-0.39, 0.29) is 23.8 Å². The Bertz CT molecular complexity index is 1260. The lowest BCUT2D eigenvalue weighted by Crippen LogP contribution is -2.52. The molecule has 0 saturated carbocycles. The maximum Gasteiger partial charge on any atom is 0.262 e. The van der Waals surface area contributed by atoms with Crippen LogP contribution in [0.15, 0.2) is 54.9 Å². The molecule has 2 aromatic heterocycles. The molecule has 7 nitrogen and oxygen atoms in total. The van der Waals surface area contributed by atoms with Gasteiger partial charge >= 0.3 is 0 Å². The smallest absolute Gasteiger partial charge is 0.262 e. The molecular formula is C26H27ClN4O3S. The summed E-state index contributed by atoms with van der Waals surface area (Å²) in [5.74, 6) is -0.764. The minimum Gasteiger partial charge on any atom is -0.337 e. The fourth-order valence-electron chi connectivity index (χ4n) is 4.20. The summed E-state index contributed by atoms with van der Waals surface area (Å²) < 4.78 is 0.503. The first-order chi connectivity index (χ1) is 16.7. The van der Waals surface area contributed by atoms with E-state index in [2.05, 4.69) is 15.6 Å². The highest BCUT2D eigenvalue weighted by atomic mass is 35.5. The monoisotopic (exact) mass is 510 g/mol. The first kappa shape index (κ1) is 24.9. The second-order valence-corrected chi connectivity index (χ2v) is 10.8. The highest BCUT2D eigenvalue weighted by Gasteiger charge is 2.32. The molecule has 35 heavy (non-hydrogen) atoms. The van der Waals surface area contributed by atoms with Gasteiger partial charge in [-0.2, -0.15) is 0 Å². The normalized spacial score (nSPS) is 15.7. The van der Waals surface area contributed by atoms with E-state index in [0.29, 0.717) is 27.0 Å². The summed E-state index contributed by atoms with van der Waals surface area (Å²) >= 11 is 7.06. The number of hydrogen-bond donors (Lipinski definition) is 2. The lowest BCUT2D eigenvalue weighted by atomic mass is 10.0. The maximum atomic E-state index is 13.4. The van der Waals surface area contributed by atoms with Crippen LogP contribution in [0.1, 0.15) is 63.9 Å². The Hall–Kier alpha value is -3.23. The second kappa shape index (κ2) is 10.2. The van der Waals surface area contributed by atoms with Gasteiger partial charge in [0.1, 0.15) is 5.54 Å². The van der Waals surface area contributed by atoms with Gasteiger partial charge < -0.3 is 15.5 Å². The van der Waals surface area contributed by atoms with E-state index in [1.807, 2.05) is 24.0 Å². The van der Waals surface area contributed by atoms with Crippen molar-refractivity contribution in [3.05, 3.63) is 80.8 Å². The van der Waals surface area contributed by atoms with Crippen LogP contribution < -0.4 is 10.6 Å². The number of hydrogen-bond acceptors (Lipinski definition) is 5. The van der Waals surface area contributed by atoms with Crippen molar-refractivity contribution in [2.24, 2.45) is 0 Å². The molecule has 1 aliphatic heterocycles. The van der Waals surface area contributed by atoms with Gasteiger partial charge in [-0.1, -0.05) is 11.6 Å². The van der Waals surface area contributed by atoms with Gasteiger partial charge in [-0.25, -0.2) is 0 Å². The largest absolute Gasteiger partial charge is 0.337 e. The average molecular weight is 511 g/mol. The first-order valence-corrected chi connectivity index (χ1v) is 12.6. The van der Waals surface area contributed by atoms with E-state index in [1.54, 1.807) is 56.6 Å². The summed E-state index contributed by atoms with van der Waals surface area (Å²) in [6, 6.07) is 12.4. The first-order valence-electron chi connectivity index (χ1n) is 11.4. The van der Waals surface area contributed by atoms with Gasteiger partial charge in [-0.3, -0.25) is 19.4 Å². The molecule has 2 N–H and O–H groups in total. The fourth-order valence-corrected chi connectivity index (χ4v) is 5.14. The summed E-state index contributed by atoms with van der Waals surface area (Å²) in [6.45, 7) is 5.82. The molecule has 3 heterocycles. The molecule has 1 saturated heterocycles. The molecule has 9 heteroatoms. The zero-order valence-corrected chi connectivity index (χ0v) is 21.4. The molecule has 0 aliphatic carbocycles. The number of halogens is 1. The van der Waals surface area contributed by atoms with Gasteiger partial charge in [0, 0.05) is 30.2 Å². The van der Waals surface area contributed by atoms with Crippen molar-refractivity contribution in [2.75, 3.05) is 11.9 Å². The number of nitrogens with one attached hydrogen (secondary N) is 2. The molecule has 0 spiro atoms. The van der Waals surface area contributed by atoms with Crippen LogP contribution in [0.4, 0.5) is 5.69 Å². The molecule has 1 aromatic carbocycles. The minimum absolute atomic E-state index is 0.0260.